The third kappa shape index (κ3) is 3.41. The average molecular weight is 312 g/mol. The lowest BCUT2D eigenvalue weighted by Gasteiger charge is -2.29. The average Bonchev–Trinajstić information content (AvgIpc) is 2.84. The third-order valence-corrected chi connectivity index (χ3v) is 5.04. The maximum Gasteiger partial charge on any atom is 0.249 e. The summed E-state index contributed by atoms with van der Waals surface area (Å²) in [4.78, 5) is 13.2. The van der Waals surface area contributed by atoms with E-state index in [0.29, 0.717) is 0 Å². The second-order valence-corrected chi connectivity index (χ2v) is 6.40. The zero-order valence-electron chi connectivity index (χ0n) is 14.6. The van der Waals surface area contributed by atoms with E-state index in [1.54, 1.807) is 5.01 Å². The van der Waals surface area contributed by atoms with Crippen molar-refractivity contribution in [1.29, 1.82) is 0 Å². The largest absolute Gasteiger partial charge is 0.272 e. The molecule has 1 amide bonds. The Bertz CT molecular complexity index is 589. The highest BCUT2D eigenvalue weighted by atomic mass is 16.2. The van der Waals surface area contributed by atoms with E-state index in [0.717, 1.165) is 37.8 Å². The van der Waals surface area contributed by atoms with Crippen molar-refractivity contribution < 1.29 is 4.79 Å². The molecule has 1 N–H and O–H groups in total. The Kier molecular flexibility index (Phi) is 5.81. The first-order valence-corrected chi connectivity index (χ1v) is 8.62. The van der Waals surface area contributed by atoms with Crippen molar-refractivity contribution in [3.05, 3.63) is 48.2 Å². The van der Waals surface area contributed by atoms with Gasteiger partial charge in [-0.15, -0.1) is 5.73 Å². The molecule has 2 unspecified atom stereocenters. The highest BCUT2D eigenvalue weighted by Crippen LogP contribution is 2.42. The fourth-order valence-electron chi connectivity index (χ4n) is 3.37. The van der Waals surface area contributed by atoms with Gasteiger partial charge in [-0.3, -0.25) is 4.79 Å². The van der Waals surface area contributed by atoms with Crippen molar-refractivity contribution in [1.82, 2.24) is 5.43 Å². The van der Waals surface area contributed by atoms with Gasteiger partial charge in [-0.05, 0) is 50.3 Å². The number of amides is 1. The van der Waals surface area contributed by atoms with Crippen LogP contribution in [0.5, 0.6) is 0 Å². The first kappa shape index (κ1) is 17.5. The van der Waals surface area contributed by atoms with Crippen LogP contribution in [0.25, 0.3) is 0 Å². The minimum Gasteiger partial charge on any atom is -0.272 e. The summed E-state index contributed by atoms with van der Waals surface area (Å²) in [6.07, 6.45) is 4.79. The fourth-order valence-corrected chi connectivity index (χ4v) is 3.37. The molecule has 1 aliphatic heterocycles. The molecule has 0 radical (unpaired) electrons. The molecule has 23 heavy (non-hydrogen) atoms. The van der Waals surface area contributed by atoms with Crippen molar-refractivity contribution in [3.8, 4) is 0 Å². The summed E-state index contributed by atoms with van der Waals surface area (Å²) in [6, 6.07) is 9.89. The van der Waals surface area contributed by atoms with Gasteiger partial charge in [-0.25, -0.2) is 10.4 Å². The number of para-hydroxylation sites is 1. The standard InChI is InChI=1S/C20H28N2O/c1-5-8-12-17(6-2)15-20(7-3)16(4)21-22(19(20)23)18-13-10-9-11-14-18/h9-11,13-14,16,21H,2,5,7-8,12,15H2,1,3-4H3. The van der Waals surface area contributed by atoms with Gasteiger partial charge in [-0.2, -0.15) is 0 Å². The highest BCUT2D eigenvalue weighted by molar-refractivity contribution is 5.99. The molecule has 3 nitrogen and oxygen atoms in total. The number of benzene rings is 1. The number of anilines is 1. The second-order valence-electron chi connectivity index (χ2n) is 6.40. The molecule has 0 saturated carbocycles. The molecular formula is C20H28N2O. The predicted octanol–water partition coefficient (Wildman–Crippen LogP) is 4.61. The fraction of sp³-hybridized carbons (Fsp3) is 0.500. The van der Waals surface area contributed by atoms with E-state index in [1.165, 1.54) is 5.57 Å². The summed E-state index contributed by atoms with van der Waals surface area (Å²) >= 11 is 0. The quantitative estimate of drug-likeness (QED) is 0.745. The Balaban J connectivity index is 2.27. The number of nitrogens with zero attached hydrogens (tertiary/aromatic N) is 1. The Morgan fingerprint density at radius 2 is 2.04 bits per heavy atom. The Morgan fingerprint density at radius 1 is 1.35 bits per heavy atom. The maximum absolute atomic E-state index is 13.2. The van der Waals surface area contributed by atoms with Crippen LogP contribution in [0.1, 0.15) is 52.9 Å². The van der Waals surface area contributed by atoms with Gasteiger partial charge < -0.3 is 0 Å². The lowest BCUT2D eigenvalue weighted by atomic mass is 9.73. The molecule has 0 spiro atoms. The van der Waals surface area contributed by atoms with E-state index in [-0.39, 0.29) is 11.9 Å². The number of hydrogen-bond donors (Lipinski definition) is 1. The number of carbonyl (C=O) groups is 1. The number of unbranched alkanes of at least 4 members (excludes halogenated alkanes) is 1. The van der Waals surface area contributed by atoms with Gasteiger partial charge in [0.25, 0.3) is 0 Å². The van der Waals surface area contributed by atoms with Crippen LogP contribution >= 0.6 is 0 Å². The van der Waals surface area contributed by atoms with Gasteiger partial charge in [0.15, 0.2) is 0 Å². The summed E-state index contributed by atoms with van der Waals surface area (Å²) in [5, 5.41) is 1.72. The van der Waals surface area contributed by atoms with E-state index in [9.17, 15) is 4.79 Å². The van der Waals surface area contributed by atoms with Crippen molar-refractivity contribution >= 4 is 11.6 Å². The normalized spacial score (nSPS) is 23.9. The lowest BCUT2D eigenvalue weighted by Crippen LogP contribution is -2.37. The van der Waals surface area contributed by atoms with Gasteiger partial charge in [-0.1, -0.05) is 45.0 Å². The van der Waals surface area contributed by atoms with Crippen LogP contribution < -0.4 is 10.4 Å². The van der Waals surface area contributed by atoms with E-state index < -0.39 is 5.41 Å². The van der Waals surface area contributed by atoms with Gasteiger partial charge in [0.05, 0.1) is 11.1 Å². The van der Waals surface area contributed by atoms with Crippen LogP contribution in [-0.4, -0.2) is 11.9 Å². The number of allylic oxidation sites excluding steroid dienone is 1. The van der Waals surface area contributed by atoms with E-state index >= 15 is 0 Å². The van der Waals surface area contributed by atoms with Gasteiger partial charge in [0, 0.05) is 6.04 Å². The summed E-state index contributed by atoms with van der Waals surface area (Å²) in [5.41, 5.74) is 8.12. The zero-order chi connectivity index (χ0) is 16.9. The summed E-state index contributed by atoms with van der Waals surface area (Å²) in [6.45, 7) is 10.2. The third-order valence-electron chi connectivity index (χ3n) is 5.04. The summed E-state index contributed by atoms with van der Waals surface area (Å²) in [7, 11) is 0. The molecule has 0 aromatic heterocycles. The van der Waals surface area contributed by atoms with Gasteiger partial charge >= 0.3 is 0 Å². The number of hydrogen-bond acceptors (Lipinski definition) is 2. The lowest BCUT2D eigenvalue weighted by molar-refractivity contribution is -0.126. The van der Waals surface area contributed by atoms with Gasteiger partial charge in [0.1, 0.15) is 0 Å². The number of carbonyl (C=O) groups excluding carboxylic acids is 1. The monoisotopic (exact) mass is 312 g/mol. The molecule has 1 aliphatic rings. The number of nitrogens with one attached hydrogen (secondary N) is 1. The number of hydrazine groups is 1. The van der Waals surface area contributed by atoms with E-state index in [4.69, 9.17) is 0 Å². The Morgan fingerprint density at radius 3 is 2.61 bits per heavy atom. The van der Waals surface area contributed by atoms with Crippen LogP contribution in [0, 0.1) is 5.41 Å². The molecular weight excluding hydrogens is 284 g/mol. The Hall–Kier alpha value is -1.83. The molecule has 1 saturated heterocycles. The van der Waals surface area contributed by atoms with E-state index in [2.05, 4.69) is 38.5 Å². The predicted molar refractivity (Wildman–Crippen MR) is 96.0 cm³/mol. The topological polar surface area (TPSA) is 32.3 Å². The van der Waals surface area contributed by atoms with Crippen molar-refractivity contribution in [2.45, 2.75) is 58.9 Å². The summed E-state index contributed by atoms with van der Waals surface area (Å²) < 4.78 is 0. The highest BCUT2D eigenvalue weighted by Gasteiger charge is 2.51. The smallest absolute Gasteiger partial charge is 0.249 e. The molecule has 1 heterocycles. The van der Waals surface area contributed by atoms with Crippen molar-refractivity contribution in [2.24, 2.45) is 5.41 Å². The molecule has 0 bridgehead atoms. The van der Waals surface area contributed by atoms with Crippen molar-refractivity contribution in [2.75, 3.05) is 5.01 Å². The number of rotatable bonds is 7. The molecule has 0 aliphatic carbocycles. The van der Waals surface area contributed by atoms with Gasteiger partial charge in [0.2, 0.25) is 5.91 Å². The molecule has 1 aromatic carbocycles. The maximum atomic E-state index is 13.2. The molecule has 2 rings (SSSR count). The molecule has 3 heteroatoms. The first-order chi connectivity index (χ1) is 11.1. The Labute approximate surface area is 140 Å². The minimum atomic E-state index is -0.413. The van der Waals surface area contributed by atoms with Crippen LogP contribution in [0.4, 0.5) is 5.69 Å². The van der Waals surface area contributed by atoms with Crippen LogP contribution in [0.3, 0.4) is 0 Å². The molecule has 2 atom stereocenters. The summed E-state index contributed by atoms with van der Waals surface area (Å²) in [5.74, 6) is 0.156. The zero-order valence-corrected chi connectivity index (χ0v) is 14.6. The van der Waals surface area contributed by atoms with E-state index in [1.807, 2.05) is 30.3 Å². The molecule has 1 fully saturated rings. The second kappa shape index (κ2) is 7.63. The first-order valence-electron chi connectivity index (χ1n) is 8.62. The minimum absolute atomic E-state index is 0.0881. The molecule has 1 aromatic rings. The molecule has 124 valence electrons. The van der Waals surface area contributed by atoms with Crippen LogP contribution in [0.15, 0.2) is 48.2 Å². The van der Waals surface area contributed by atoms with Crippen LogP contribution in [-0.2, 0) is 4.79 Å². The van der Waals surface area contributed by atoms with Crippen LogP contribution in [0.2, 0.25) is 0 Å². The van der Waals surface area contributed by atoms with Crippen molar-refractivity contribution in [3.63, 3.8) is 0 Å². The SMILES string of the molecule is C=C=C(CCCC)CC1(CC)C(=O)N(c2ccccc2)NC1C.